The molecular formula is C11H18BrN5. The number of halogens is 1. The number of anilines is 2. The number of rotatable bonds is 6. The minimum absolute atomic E-state index is 0.631. The summed E-state index contributed by atoms with van der Waals surface area (Å²) in [5.74, 6) is 7.81. The summed E-state index contributed by atoms with van der Waals surface area (Å²) in [5, 5.41) is 0. The van der Waals surface area contributed by atoms with E-state index in [4.69, 9.17) is 5.84 Å². The van der Waals surface area contributed by atoms with Gasteiger partial charge in [-0.15, -0.1) is 0 Å². The van der Waals surface area contributed by atoms with Crippen molar-refractivity contribution in [2.24, 2.45) is 11.8 Å². The number of hydrazine groups is 1. The number of aromatic nitrogens is 2. The summed E-state index contributed by atoms with van der Waals surface area (Å²) in [6.45, 7) is 4.26. The molecule has 0 bridgehead atoms. The molecule has 0 aliphatic heterocycles. The van der Waals surface area contributed by atoms with Crippen LogP contribution < -0.4 is 16.2 Å². The van der Waals surface area contributed by atoms with Gasteiger partial charge in [0.05, 0.1) is 0 Å². The average Bonchev–Trinajstić information content (AvgIpc) is 3.13. The van der Waals surface area contributed by atoms with Gasteiger partial charge in [0.15, 0.2) is 5.82 Å². The largest absolute Gasteiger partial charge is 0.355 e. The van der Waals surface area contributed by atoms with E-state index in [9.17, 15) is 0 Å². The summed E-state index contributed by atoms with van der Waals surface area (Å²) in [5.41, 5.74) is 2.58. The lowest BCUT2D eigenvalue weighted by atomic mass is 10.3. The SMILES string of the molecule is CCCN(CC1CC1)c1ncnc(NN)c1Br. The maximum Gasteiger partial charge on any atom is 0.159 e. The van der Waals surface area contributed by atoms with Crippen LogP contribution in [0.1, 0.15) is 26.2 Å². The predicted molar refractivity (Wildman–Crippen MR) is 72.8 cm³/mol. The van der Waals surface area contributed by atoms with Crippen molar-refractivity contribution in [1.29, 1.82) is 0 Å². The Morgan fingerprint density at radius 2 is 2.29 bits per heavy atom. The van der Waals surface area contributed by atoms with E-state index < -0.39 is 0 Å². The second-order valence-corrected chi connectivity index (χ2v) is 5.19. The van der Waals surface area contributed by atoms with Crippen LogP contribution in [-0.2, 0) is 0 Å². The van der Waals surface area contributed by atoms with Crippen molar-refractivity contribution in [3.63, 3.8) is 0 Å². The summed E-state index contributed by atoms with van der Waals surface area (Å²) >= 11 is 3.51. The standard InChI is InChI=1S/C11H18BrN5/c1-2-5-17(6-8-3-4-8)11-9(12)10(16-13)14-7-15-11/h7-8H,2-6,13H2,1H3,(H,14,15,16). The molecule has 0 amide bonds. The molecule has 94 valence electrons. The monoisotopic (exact) mass is 299 g/mol. The van der Waals surface area contributed by atoms with Crippen molar-refractivity contribution in [3.05, 3.63) is 10.8 Å². The number of hydrogen-bond donors (Lipinski definition) is 2. The zero-order chi connectivity index (χ0) is 12.3. The molecule has 0 unspecified atom stereocenters. The Morgan fingerprint density at radius 1 is 1.53 bits per heavy atom. The van der Waals surface area contributed by atoms with E-state index in [0.717, 1.165) is 35.7 Å². The maximum absolute atomic E-state index is 5.42. The van der Waals surface area contributed by atoms with E-state index in [2.05, 4.69) is 43.1 Å². The average molecular weight is 300 g/mol. The first kappa shape index (κ1) is 12.6. The smallest absolute Gasteiger partial charge is 0.159 e. The van der Waals surface area contributed by atoms with Gasteiger partial charge < -0.3 is 10.3 Å². The molecule has 1 heterocycles. The second-order valence-electron chi connectivity index (χ2n) is 4.39. The highest BCUT2D eigenvalue weighted by atomic mass is 79.9. The lowest BCUT2D eigenvalue weighted by Gasteiger charge is -2.24. The zero-order valence-corrected chi connectivity index (χ0v) is 11.6. The molecule has 1 aromatic rings. The summed E-state index contributed by atoms with van der Waals surface area (Å²) < 4.78 is 0.844. The van der Waals surface area contributed by atoms with Gasteiger partial charge in [0.1, 0.15) is 16.6 Å². The predicted octanol–water partition coefficient (Wildman–Crippen LogP) is 2.15. The zero-order valence-electron chi connectivity index (χ0n) is 9.99. The first-order chi connectivity index (χ1) is 8.26. The fourth-order valence-electron chi connectivity index (χ4n) is 1.85. The van der Waals surface area contributed by atoms with Crippen molar-refractivity contribution in [1.82, 2.24) is 9.97 Å². The Hall–Kier alpha value is -0.880. The lowest BCUT2D eigenvalue weighted by Crippen LogP contribution is -2.28. The third-order valence-corrected chi connectivity index (χ3v) is 3.61. The van der Waals surface area contributed by atoms with Gasteiger partial charge in [-0.3, -0.25) is 0 Å². The molecule has 0 spiro atoms. The number of nitrogens with one attached hydrogen (secondary N) is 1. The molecule has 1 aliphatic carbocycles. The van der Waals surface area contributed by atoms with Crippen molar-refractivity contribution in [3.8, 4) is 0 Å². The summed E-state index contributed by atoms with van der Waals surface area (Å²) in [6, 6.07) is 0. The van der Waals surface area contributed by atoms with E-state index in [0.29, 0.717) is 5.82 Å². The molecule has 2 rings (SSSR count). The van der Waals surface area contributed by atoms with E-state index >= 15 is 0 Å². The fraction of sp³-hybridized carbons (Fsp3) is 0.636. The maximum atomic E-state index is 5.42. The topological polar surface area (TPSA) is 67.1 Å². The molecule has 1 aliphatic rings. The van der Waals surface area contributed by atoms with Gasteiger partial charge in [-0.1, -0.05) is 6.92 Å². The molecule has 6 heteroatoms. The first-order valence-corrected chi connectivity index (χ1v) is 6.77. The van der Waals surface area contributed by atoms with Gasteiger partial charge in [-0.05, 0) is 41.1 Å². The Bertz CT molecular complexity index is 380. The van der Waals surface area contributed by atoms with E-state index in [1.54, 1.807) is 6.33 Å². The third kappa shape index (κ3) is 3.07. The highest BCUT2D eigenvalue weighted by Gasteiger charge is 2.26. The number of hydrogen-bond acceptors (Lipinski definition) is 5. The van der Waals surface area contributed by atoms with Crippen molar-refractivity contribution < 1.29 is 0 Å². The molecule has 0 saturated heterocycles. The Balaban J connectivity index is 2.20. The highest BCUT2D eigenvalue weighted by Crippen LogP contribution is 2.34. The van der Waals surface area contributed by atoms with Gasteiger partial charge in [0, 0.05) is 13.1 Å². The van der Waals surface area contributed by atoms with Crippen LogP contribution in [0.5, 0.6) is 0 Å². The molecule has 1 aromatic heterocycles. The van der Waals surface area contributed by atoms with Crippen LogP contribution in [0.2, 0.25) is 0 Å². The van der Waals surface area contributed by atoms with Crippen LogP contribution in [0.15, 0.2) is 10.8 Å². The van der Waals surface area contributed by atoms with Gasteiger partial charge in [0.25, 0.3) is 0 Å². The highest BCUT2D eigenvalue weighted by molar-refractivity contribution is 9.10. The van der Waals surface area contributed by atoms with Gasteiger partial charge >= 0.3 is 0 Å². The Morgan fingerprint density at radius 3 is 2.88 bits per heavy atom. The molecule has 0 aromatic carbocycles. The van der Waals surface area contributed by atoms with E-state index in [1.165, 1.54) is 12.8 Å². The molecule has 0 radical (unpaired) electrons. The third-order valence-electron chi connectivity index (χ3n) is 2.88. The van der Waals surface area contributed by atoms with Crippen LogP contribution in [0.25, 0.3) is 0 Å². The quantitative estimate of drug-likeness (QED) is 0.622. The molecule has 0 atom stereocenters. The fourth-order valence-corrected chi connectivity index (χ4v) is 2.42. The summed E-state index contributed by atoms with van der Waals surface area (Å²) in [7, 11) is 0. The first-order valence-electron chi connectivity index (χ1n) is 5.98. The number of nitrogen functional groups attached to an aromatic ring is 1. The van der Waals surface area contributed by atoms with E-state index in [-0.39, 0.29) is 0 Å². The second kappa shape index (κ2) is 5.64. The Labute approximate surface area is 110 Å². The summed E-state index contributed by atoms with van der Waals surface area (Å²) in [4.78, 5) is 10.7. The lowest BCUT2D eigenvalue weighted by molar-refractivity contribution is 0.696. The minimum atomic E-state index is 0.631. The van der Waals surface area contributed by atoms with Crippen LogP contribution in [0, 0.1) is 5.92 Å². The van der Waals surface area contributed by atoms with Gasteiger partial charge in [-0.25, -0.2) is 15.8 Å². The molecular weight excluding hydrogens is 282 g/mol. The van der Waals surface area contributed by atoms with Crippen molar-refractivity contribution in [2.75, 3.05) is 23.4 Å². The molecule has 1 fully saturated rings. The molecule has 5 nitrogen and oxygen atoms in total. The minimum Gasteiger partial charge on any atom is -0.355 e. The molecule has 17 heavy (non-hydrogen) atoms. The number of nitrogens with zero attached hydrogens (tertiary/aromatic N) is 3. The normalized spacial score (nSPS) is 14.8. The van der Waals surface area contributed by atoms with Crippen LogP contribution in [0.4, 0.5) is 11.6 Å². The Kier molecular flexibility index (Phi) is 4.17. The van der Waals surface area contributed by atoms with Gasteiger partial charge in [0.2, 0.25) is 0 Å². The molecule has 3 N–H and O–H groups in total. The summed E-state index contributed by atoms with van der Waals surface area (Å²) in [6.07, 6.45) is 5.33. The van der Waals surface area contributed by atoms with Crippen LogP contribution in [-0.4, -0.2) is 23.1 Å². The van der Waals surface area contributed by atoms with Crippen molar-refractivity contribution >= 4 is 27.6 Å². The van der Waals surface area contributed by atoms with E-state index in [1.807, 2.05) is 0 Å². The molecule has 1 saturated carbocycles. The van der Waals surface area contributed by atoms with Crippen molar-refractivity contribution in [2.45, 2.75) is 26.2 Å². The van der Waals surface area contributed by atoms with Crippen LogP contribution in [0.3, 0.4) is 0 Å². The number of nitrogens with two attached hydrogens (primary N) is 1. The van der Waals surface area contributed by atoms with Crippen LogP contribution >= 0.6 is 15.9 Å². The van der Waals surface area contributed by atoms with Gasteiger partial charge in [-0.2, -0.15) is 0 Å².